The lowest BCUT2D eigenvalue weighted by Crippen LogP contribution is -2.38. The molecule has 2 rings (SSSR count). The van der Waals surface area contributed by atoms with Crippen molar-refractivity contribution in [1.82, 2.24) is 0 Å². The number of aromatic hydroxyl groups is 1. The fraction of sp³-hybridized carbons (Fsp3) is 0.176. The molecule has 4 nitrogen and oxygen atoms in total. The van der Waals surface area contributed by atoms with Crippen LogP contribution in [0.2, 0.25) is 0 Å². The van der Waals surface area contributed by atoms with E-state index in [9.17, 15) is 23.1 Å². The van der Waals surface area contributed by atoms with Gasteiger partial charge in [-0.05, 0) is 43.2 Å². The van der Waals surface area contributed by atoms with E-state index < -0.39 is 12.1 Å². The molecule has 0 fully saturated rings. The molecule has 2 aromatic carbocycles. The molecule has 0 radical (unpaired) electrons. The Bertz CT molecular complexity index is 786. The zero-order chi connectivity index (χ0) is 17.9. The van der Waals surface area contributed by atoms with E-state index in [1.54, 1.807) is 32.0 Å². The van der Waals surface area contributed by atoms with Crippen LogP contribution in [0.4, 0.5) is 18.9 Å². The first-order valence-corrected chi connectivity index (χ1v) is 7.00. The number of phenolic OH excluding ortho intramolecular Hbond substituents is 1. The van der Waals surface area contributed by atoms with Crippen LogP contribution in [0.1, 0.15) is 16.7 Å². The molecule has 0 bridgehead atoms. The molecule has 0 atom stereocenters. The van der Waals surface area contributed by atoms with E-state index in [1.807, 2.05) is 0 Å². The molecule has 0 saturated heterocycles. The molecule has 0 saturated carbocycles. The molecule has 24 heavy (non-hydrogen) atoms. The number of hydrogen-bond donors (Lipinski definition) is 1. The van der Waals surface area contributed by atoms with Crippen LogP contribution >= 0.6 is 0 Å². The number of amides is 1. The molecular weight excluding hydrogens is 321 g/mol. The van der Waals surface area contributed by atoms with Crippen LogP contribution < -0.4 is 5.01 Å². The summed E-state index contributed by atoms with van der Waals surface area (Å²) in [5.74, 6) is -2.15. The van der Waals surface area contributed by atoms with Crippen LogP contribution in [-0.4, -0.2) is 23.4 Å². The molecule has 0 aromatic heterocycles. The van der Waals surface area contributed by atoms with Crippen molar-refractivity contribution in [2.45, 2.75) is 20.0 Å². The predicted octanol–water partition coefficient (Wildman–Crippen LogP) is 3.94. The third kappa shape index (κ3) is 4.13. The summed E-state index contributed by atoms with van der Waals surface area (Å²) in [7, 11) is 0. The minimum absolute atomic E-state index is 0.0410. The van der Waals surface area contributed by atoms with Gasteiger partial charge in [-0.25, -0.2) is 0 Å². The number of phenols is 1. The first-order valence-electron chi connectivity index (χ1n) is 7.00. The van der Waals surface area contributed by atoms with E-state index in [0.29, 0.717) is 16.1 Å². The third-order valence-electron chi connectivity index (χ3n) is 3.21. The van der Waals surface area contributed by atoms with Crippen molar-refractivity contribution in [2.75, 3.05) is 5.01 Å². The van der Waals surface area contributed by atoms with Crippen LogP contribution in [0, 0.1) is 13.8 Å². The highest BCUT2D eigenvalue weighted by Gasteiger charge is 2.43. The number of halogens is 3. The maximum atomic E-state index is 12.9. The molecule has 0 spiro atoms. The van der Waals surface area contributed by atoms with Crippen molar-refractivity contribution in [2.24, 2.45) is 5.10 Å². The predicted molar refractivity (Wildman–Crippen MR) is 85.2 cm³/mol. The highest BCUT2D eigenvalue weighted by Crippen LogP contribution is 2.27. The minimum atomic E-state index is -5.06. The minimum Gasteiger partial charge on any atom is -0.508 e. The number of carbonyl (C=O) groups is 1. The van der Waals surface area contributed by atoms with Crippen molar-refractivity contribution >= 4 is 17.8 Å². The summed E-state index contributed by atoms with van der Waals surface area (Å²) in [5.41, 5.74) is 1.74. The largest absolute Gasteiger partial charge is 0.508 e. The van der Waals surface area contributed by atoms with Gasteiger partial charge in [0.15, 0.2) is 0 Å². The van der Waals surface area contributed by atoms with Crippen molar-refractivity contribution < 1.29 is 23.1 Å². The monoisotopic (exact) mass is 336 g/mol. The second kappa shape index (κ2) is 6.74. The summed E-state index contributed by atoms with van der Waals surface area (Å²) in [6, 6.07) is 10.5. The van der Waals surface area contributed by atoms with E-state index in [1.165, 1.54) is 24.3 Å². The summed E-state index contributed by atoms with van der Waals surface area (Å²) in [4.78, 5) is 11.7. The molecule has 0 aliphatic carbocycles. The summed E-state index contributed by atoms with van der Waals surface area (Å²) in [6.45, 7) is 3.39. The summed E-state index contributed by atoms with van der Waals surface area (Å²) >= 11 is 0. The quantitative estimate of drug-likeness (QED) is 0.682. The number of benzene rings is 2. The zero-order valence-corrected chi connectivity index (χ0v) is 13.0. The average Bonchev–Trinajstić information content (AvgIpc) is 2.48. The fourth-order valence-electron chi connectivity index (χ4n) is 2.12. The van der Waals surface area contributed by atoms with E-state index >= 15 is 0 Å². The third-order valence-corrected chi connectivity index (χ3v) is 3.21. The Balaban J connectivity index is 2.45. The Kier molecular flexibility index (Phi) is 4.92. The summed E-state index contributed by atoms with van der Waals surface area (Å²) in [6.07, 6.45) is -3.98. The molecule has 0 unspecified atom stereocenters. The Morgan fingerprint density at radius 3 is 2.46 bits per heavy atom. The van der Waals surface area contributed by atoms with Gasteiger partial charge in [0.1, 0.15) is 5.75 Å². The van der Waals surface area contributed by atoms with Crippen LogP contribution in [0.25, 0.3) is 0 Å². The maximum Gasteiger partial charge on any atom is 0.473 e. The topological polar surface area (TPSA) is 52.9 Å². The molecule has 2 aromatic rings. The summed E-state index contributed by atoms with van der Waals surface area (Å²) < 4.78 is 38.6. The van der Waals surface area contributed by atoms with Gasteiger partial charge in [0.05, 0.1) is 11.9 Å². The number of aryl methyl sites for hydroxylation is 2. The number of anilines is 1. The smallest absolute Gasteiger partial charge is 0.473 e. The van der Waals surface area contributed by atoms with Crippen LogP contribution in [0.5, 0.6) is 5.75 Å². The molecule has 1 amide bonds. The highest BCUT2D eigenvalue weighted by molar-refractivity contribution is 5.99. The molecule has 1 N–H and O–H groups in total. The number of carbonyl (C=O) groups excluding carboxylic acids is 1. The number of hydrogen-bond acceptors (Lipinski definition) is 3. The van der Waals surface area contributed by atoms with Gasteiger partial charge in [0.25, 0.3) is 0 Å². The van der Waals surface area contributed by atoms with Gasteiger partial charge in [-0.15, -0.1) is 0 Å². The lowest BCUT2D eigenvalue weighted by Gasteiger charge is -2.20. The molecule has 126 valence electrons. The van der Waals surface area contributed by atoms with Crippen molar-refractivity contribution in [1.29, 1.82) is 0 Å². The van der Waals surface area contributed by atoms with E-state index in [-0.39, 0.29) is 11.4 Å². The van der Waals surface area contributed by atoms with E-state index in [0.717, 1.165) is 11.8 Å². The van der Waals surface area contributed by atoms with Gasteiger partial charge in [0.2, 0.25) is 0 Å². The first-order chi connectivity index (χ1) is 11.2. The fourth-order valence-corrected chi connectivity index (χ4v) is 2.12. The average molecular weight is 336 g/mol. The van der Waals surface area contributed by atoms with Gasteiger partial charge in [-0.1, -0.05) is 29.8 Å². The number of nitrogens with zero attached hydrogens (tertiary/aromatic N) is 2. The first kappa shape index (κ1) is 17.5. The van der Waals surface area contributed by atoms with Crippen LogP contribution in [0.15, 0.2) is 47.6 Å². The molecule has 0 heterocycles. The molecule has 0 aliphatic heterocycles. The Labute approximate surface area is 136 Å². The number of hydrazone groups is 1. The van der Waals surface area contributed by atoms with Crippen LogP contribution in [-0.2, 0) is 4.79 Å². The van der Waals surface area contributed by atoms with E-state index in [4.69, 9.17) is 0 Å². The van der Waals surface area contributed by atoms with Crippen molar-refractivity contribution in [3.8, 4) is 5.75 Å². The Morgan fingerprint density at radius 1 is 1.17 bits per heavy atom. The van der Waals surface area contributed by atoms with Gasteiger partial charge in [-0.2, -0.15) is 23.3 Å². The lowest BCUT2D eigenvalue weighted by atomic mass is 10.1. The highest BCUT2D eigenvalue weighted by atomic mass is 19.4. The number of rotatable bonds is 3. The van der Waals surface area contributed by atoms with E-state index in [2.05, 4.69) is 5.10 Å². The van der Waals surface area contributed by atoms with Crippen molar-refractivity contribution in [3.05, 3.63) is 59.2 Å². The molecular formula is C17H15F3N2O2. The Morgan fingerprint density at radius 2 is 1.88 bits per heavy atom. The van der Waals surface area contributed by atoms with Gasteiger partial charge < -0.3 is 5.11 Å². The van der Waals surface area contributed by atoms with Gasteiger partial charge in [0, 0.05) is 0 Å². The summed E-state index contributed by atoms with van der Waals surface area (Å²) in [5, 5.41) is 13.4. The zero-order valence-electron chi connectivity index (χ0n) is 13.0. The lowest BCUT2D eigenvalue weighted by molar-refractivity contribution is -0.170. The van der Waals surface area contributed by atoms with Crippen molar-refractivity contribution in [3.63, 3.8) is 0 Å². The Hall–Kier alpha value is -2.83. The molecule has 7 heteroatoms. The number of alkyl halides is 3. The van der Waals surface area contributed by atoms with Gasteiger partial charge in [-0.3, -0.25) is 4.79 Å². The maximum absolute atomic E-state index is 12.9. The second-order valence-electron chi connectivity index (χ2n) is 5.24. The SMILES string of the molecule is Cc1ccc(N(/N=C/c2cccc(O)c2)C(=O)C(F)(F)F)c(C)c1. The standard InChI is InChI=1S/C17H15F3N2O2/c1-11-6-7-15(12(2)8-11)22(16(24)17(18,19)20)21-10-13-4-3-5-14(23)9-13/h3-10,23H,1-2H3/b21-10+. The normalized spacial score (nSPS) is 11.7. The molecule has 0 aliphatic rings. The second-order valence-corrected chi connectivity index (χ2v) is 5.24. The van der Waals surface area contributed by atoms with Gasteiger partial charge >= 0.3 is 12.1 Å². The van der Waals surface area contributed by atoms with Crippen LogP contribution in [0.3, 0.4) is 0 Å².